The number of hydrogen-bond donors (Lipinski definition) is 0. The van der Waals surface area contributed by atoms with Gasteiger partial charge < -0.3 is 4.74 Å². The van der Waals surface area contributed by atoms with Gasteiger partial charge in [-0.25, -0.2) is 0 Å². The molecule has 3 nitrogen and oxygen atoms in total. The molecule has 0 saturated heterocycles. The first-order chi connectivity index (χ1) is 14.7. The topological polar surface area (TPSA) is 29.5 Å². The molecule has 0 amide bonds. The van der Waals surface area contributed by atoms with Gasteiger partial charge in [0.15, 0.2) is 0 Å². The van der Waals surface area contributed by atoms with Gasteiger partial charge in [0.05, 0.1) is 6.61 Å². The van der Waals surface area contributed by atoms with Crippen LogP contribution in [0.1, 0.15) is 30.5 Å². The van der Waals surface area contributed by atoms with Crippen LogP contribution in [0.3, 0.4) is 0 Å². The zero-order valence-electron chi connectivity index (χ0n) is 17.7. The van der Waals surface area contributed by atoms with E-state index in [1.165, 1.54) is 0 Å². The second-order valence-corrected chi connectivity index (χ2v) is 7.29. The molecular weight excluding hydrogens is 370 g/mol. The second-order valence-electron chi connectivity index (χ2n) is 7.29. The maximum absolute atomic E-state index is 13.0. The van der Waals surface area contributed by atoms with Crippen molar-refractivity contribution in [3.05, 3.63) is 114 Å². The first-order valence-corrected chi connectivity index (χ1v) is 10.4. The Morgan fingerprint density at radius 2 is 1.30 bits per heavy atom. The number of ether oxygens (including phenoxy) is 1. The van der Waals surface area contributed by atoms with E-state index in [-0.39, 0.29) is 5.97 Å². The fourth-order valence-electron chi connectivity index (χ4n) is 3.47. The van der Waals surface area contributed by atoms with Gasteiger partial charge in [-0.1, -0.05) is 97.1 Å². The van der Waals surface area contributed by atoms with Gasteiger partial charge in [0.1, 0.15) is 6.04 Å². The van der Waals surface area contributed by atoms with Crippen LogP contribution in [0.2, 0.25) is 0 Å². The van der Waals surface area contributed by atoms with Crippen molar-refractivity contribution in [2.75, 3.05) is 6.61 Å². The van der Waals surface area contributed by atoms with Gasteiger partial charge in [-0.2, -0.15) is 0 Å². The Bertz CT molecular complexity index is 895. The van der Waals surface area contributed by atoms with Crippen LogP contribution in [0, 0.1) is 0 Å². The summed E-state index contributed by atoms with van der Waals surface area (Å²) in [6.07, 6.45) is 2.03. The molecule has 3 heteroatoms. The quantitative estimate of drug-likeness (QED) is 0.431. The highest BCUT2D eigenvalue weighted by molar-refractivity contribution is 5.81. The van der Waals surface area contributed by atoms with Gasteiger partial charge in [0, 0.05) is 13.1 Å². The molecule has 0 heterocycles. The predicted molar refractivity (Wildman–Crippen MR) is 123 cm³/mol. The molecule has 0 aromatic heterocycles. The molecule has 3 aromatic rings. The highest BCUT2D eigenvalue weighted by Gasteiger charge is 2.26. The molecule has 0 aliphatic rings. The maximum Gasteiger partial charge on any atom is 0.327 e. The van der Waals surface area contributed by atoms with Gasteiger partial charge >= 0.3 is 5.97 Å². The van der Waals surface area contributed by atoms with Crippen molar-refractivity contribution >= 4 is 11.5 Å². The summed E-state index contributed by atoms with van der Waals surface area (Å²) in [6, 6.07) is 30.2. The molecule has 1 atom stereocenters. The lowest BCUT2D eigenvalue weighted by Crippen LogP contribution is -2.40. The van der Waals surface area contributed by atoms with Crippen molar-refractivity contribution in [1.82, 2.24) is 4.90 Å². The molecule has 154 valence electrons. The first-order valence-electron chi connectivity index (χ1n) is 10.4. The van der Waals surface area contributed by atoms with E-state index in [9.17, 15) is 4.79 Å². The van der Waals surface area contributed by atoms with E-state index in [0.717, 1.165) is 22.3 Å². The van der Waals surface area contributed by atoms with E-state index in [1.807, 2.05) is 74.5 Å². The van der Waals surface area contributed by atoms with Crippen molar-refractivity contribution in [2.24, 2.45) is 0 Å². The summed E-state index contributed by atoms with van der Waals surface area (Å²) in [5.74, 6) is -0.223. The molecule has 0 radical (unpaired) electrons. The van der Waals surface area contributed by atoms with E-state index in [2.05, 4.69) is 41.3 Å². The molecule has 0 spiro atoms. The maximum atomic E-state index is 13.0. The van der Waals surface area contributed by atoms with Gasteiger partial charge in [0.2, 0.25) is 0 Å². The van der Waals surface area contributed by atoms with Crippen LogP contribution >= 0.6 is 0 Å². The number of carbonyl (C=O) groups is 1. The number of carbonyl (C=O) groups excluding carboxylic acids is 1. The number of esters is 1. The van der Waals surface area contributed by atoms with Crippen molar-refractivity contribution in [2.45, 2.75) is 33.0 Å². The summed E-state index contributed by atoms with van der Waals surface area (Å²) in [5, 5.41) is 0. The minimum Gasteiger partial charge on any atom is -0.465 e. The van der Waals surface area contributed by atoms with E-state index >= 15 is 0 Å². The smallest absolute Gasteiger partial charge is 0.327 e. The van der Waals surface area contributed by atoms with Crippen molar-refractivity contribution in [1.29, 1.82) is 0 Å². The van der Waals surface area contributed by atoms with E-state index < -0.39 is 6.04 Å². The minimum absolute atomic E-state index is 0.223. The molecule has 0 N–H and O–H groups in total. The molecule has 0 fully saturated rings. The third kappa shape index (κ3) is 6.16. The van der Waals surface area contributed by atoms with Crippen molar-refractivity contribution in [3.63, 3.8) is 0 Å². The summed E-state index contributed by atoms with van der Waals surface area (Å²) in [7, 11) is 0. The van der Waals surface area contributed by atoms with Crippen LogP contribution in [-0.4, -0.2) is 23.5 Å². The largest absolute Gasteiger partial charge is 0.465 e. The fraction of sp³-hybridized carbons (Fsp3) is 0.222. The lowest BCUT2D eigenvalue weighted by atomic mass is 10.0. The standard InChI is InChI=1S/C27H29NO2/c1-3-30-27(29)26(19-22(2)25-17-11-6-12-18-25)28(20-23-13-7-4-8-14-23)21-24-15-9-5-10-16-24/h4-19,26H,3,20-21H2,1-2H3/b22-19+. The van der Waals surface area contributed by atoms with Crippen LogP contribution < -0.4 is 0 Å². The van der Waals surface area contributed by atoms with Crippen LogP contribution in [0.15, 0.2) is 97.1 Å². The van der Waals surface area contributed by atoms with Gasteiger partial charge in [0.25, 0.3) is 0 Å². The normalized spacial score (nSPS) is 12.6. The van der Waals surface area contributed by atoms with Gasteiger partial charge in [-0.15, -0.1) is 0 Å². The molecule has 1 unspecified atom stereocenters. The molecule has 3 rings (SSSR count). The van der Waals surface area contributed by atoms with E-state index in [0.29, 0.717) is 19.7 Å². The second kappa shape index (κ2) is 11.1. The molecule has 0 aliphatic carbocycles. The molecule has 0 aliphatic heterocycles. The summed E-state index contributed by atoms with van der Waals surface area (Å²) in [6.45, 7) is 5.56. The molecule has 0 saturated carbocycles. The Morgan fingerprint density at radius 3 is 1.77 bits per heavy atom. The Kier molecular flexibility index (Phi) is 7.99. The third-order valence-electron chi connectivity index (χ3n) is 5.02. The van der Waals surface area contributed by atoms with Crippen LogP contribution in [0.4, 0.5) is 0 Å². The average molecular weight is 400 g/mol. The molecule has 0 bridgehead atoms. The van der Waals surface area contributed by atoms with E-state index in [1.54, 1.807) is 0 Å². The predicted octanol–water partition coefficient (Wildman–Crippen LogP) is 5.72. The zero-order chi connectivity index (χ0) is 21.2. The summed E-state index contributed by atoms with van der Waals surface area (Å²) in [4.78, 5) is 15.2. The molecule has 30 heavy (non-hydrogen) atoms. The Hall–Kier alpha value is -3.17. The Morgan fingerprint density at radius 1 is 0.833 bits per heavy atom. The van der Waals surface area contributed by atoms with Crippen LogP contribution in [0.5, 0.6) is 0 Å². The number of benzene rings is 3. The third-order valence-corrected chi connectivity index (χ3v) is 5.02. The van der Waals surface area contributed by atoms with Gasteiger partial charge in [-0.3, -0.25) is 9.69 Å². The summed E-state index contributed by atoms with van der Waals surface area (Å²) < 4.78 is 5.47. The van der Waals surface area contributed by atoms with Gasteiger partial charge in [-0.05, 0) is 36.1 Å². The van der Waals surface area contributed by atoms with Crippen LogP contribution in [-0.2, 0) is 22.6 Å². The summed E-state index contributed by atoms with van der Waals surface area (Å²) >= 11 is 0. The molecular formula is C27H29NO2. The number of rotatable bonds is 9. The van der Waals surface area contributed by atoms with Crippen molar-refractivity contribution < 1.29 is 9.53 Å². The fourth-order valence-corrected chi connectivity index (χ4v) is 3.47. The number of hydrogen-bond acceptors (Lipinski definition) is 3. The first kappa shape index (κ1) is 21.5. The average Bonchev–Trinajstić information content (AvgIpc) is 2.79. The summed E-state index contributed by atoms with van der Waals surface area (Å²) in [5.41, 5.74) is 4.48. The zero-order valence-corrected chi connectivity index (χ0v) is 17.7. The lowest BCUT2D eigenvalue weighted by Gasteiger charge is -2.29. The highest BCUT2D eigenvalue weighted by Crippen LogP contribution is 2.20. The number of allylic oxidation sites excluding steroid dienone is 1. The molecule has 3 aromatic carbocycles. The van der Waals surface area contributed by atoms with Crippen molar-refractivity contribution in [3.8, 4) is 0 Å². The Labute approximate surface area is 179 Å². The minimum atomic E-state index is -0.481. The highest BCUT2D eigenvalue weighted by atomic mass is 16.5. The SMILES string of the molecule is CCOC(=O)C(/C=C(\C)c1ccccc1)N(Cc1ccccc1)Cc1ccccc1. The van der Waals surface area contributed by atoms with E-state index in [4.69, 9.17) is 4.74 Å². The lowest BCUT2D eigenvalue weighted by molar-refractivity contribution is -0.148. The van der Waals surface area contributed by atoms with Crippen LogP contribution in [0.25, 0.3) is 5.57 Å². The monoisotopic (exact) mass is 399 g/mol. The number of nitrogens with zero attached hydrogens (tertiary/aromatic N) is 1. The Balaban J connectivity index is 1.97.